The molecule has 1 unspecified atom stereocenters. The number of rotatable bonds is 2. The summed E-state index contributed by atoms with van der Waals surface area (Å²) in [7, 11) is 0. The molecule has 1 aromatic rings. The zero-order chi connectivity index (χ0) is 12.5. The number of nitrogens with one attached hydrogen (secondary N) is 1. The maximum Gasteiger partial charge on any atom is 0.0610 e. The third kappa shape index (κ3) is 1.87. The van der Waals surface area contributed by atoms with Gasteiger partial charge in [-0.2, -0.15) is 0 Å². The van der Waals surface area contributed by atoms with Crippen molar-refractivity contribution in [3.8, 4) is 0 Å². The molecule has 0 amide bonds. The molecule has 98 valence electrons. The first-order valence-corrected chi connectivity index (χ1v) is 7.18. The molecule has 1 atom stereocenters. The summed E-state index contributed by atoms with van der Waals surface area (Å²) in [6, 6.07) is 7.63. The fourth-order valence-electron chi connectivity index (χ4n) is 3.18. The van der Waals surface area contributed by atoms with Crippen molar-refractivity contribution in [3.63, 3.8) is 0 Å². The fourth-order valence-corrected chi connectivity index (χ4v) is 3.18. The minimum absolute atomic E-state index is 0.637. The molecule has 1 aromatic carbocycles. The minimum atomic E-state index is 0.637. The van der Waals surface area contributed by atoms with E-state index < -0.39 is 0 Å². The summed E-state index contributed by atoms with van der Waals surface area (Å²) in [5.41, 5.74) is 4.32. The molecular weight excluding hydrogens is 222 g/mol. The van der Waals surface area contributed by atoms with Crippen LogP contribution < -0.4 is 15.1 Å². The number of hydrogen-bond donors (Lipinski definition) is 1. The number of aryl methyl sites for hydroxylation is 1. The van der Waals surface area contributed by atoms with Gasteiger partial charge in [0, 0.05) is 32.7 Å². The van der Waals surface area contributed by atoms with Crippen molar-refractivity contribution in [3.05, 3.63) is 23.8 Å². The summed E-state index contributed by atoms with van der Waals surface area (Å²) in [5.74, 6) is 0. The molecule has 1 N–H and O–H groups in total. The van der Waals surface area contributed by atoms with E-state index in [1.807, 2.05) is 0 Å². The quantitative estimate of drug-likeness (QED) is 0.858. The van der Waals surface area contributed by atoms with Crippen LogP contribution in [-0.2, 0) is 6.42 Å². The van der Waals surface area contributed by atoms with Crippen LogP contribution >= 0.6 is 0 Å². The number of fused-ring (bicyclic) bond motifs is 3. The topological polar surface area (TPSA) is 18.5 Å². The van der Waals surface area contributed by atoms with Gasteiger partial charge in [-0.1, -0.05) is 13.0 Å². The number of piperazine rings is 1. The van der Waals surface area contributed by atoms with Crippen molar-refractivity contribution in [2.45, 2.75) is 26.3 Å². The van der Waals surface area contributed by atoms with E-state index >= 15 is 0 Å². The first-order chi connectivity index (χ1) is 8.83. The van der Waals surface area contributed by atoms with E-state index in [-0.39, 0.29) is 0 Å². The highest BCUT2D eigenvalue weighted by Gasteiger charge is 2.31. The number of hydrogen-bond acceptors (Lipinski definition) is 3. The van der Waals surface area contributed by atoms with E-state index in [1.54, 1.807) is 0 Å². The van der Waals surface area contributed by atoms with Crippen molar-refractivity contribution in [2.24, 2.45) is 0 Å². The molecule has 1 saturated heterocycles. The van der Waals surface area contributed by atoms with Crippen LogP contribution in [-0.4, -0.2) is 38.8 Å². The van der Waals surface area contributed by atoms with Crippen LogP contribution in [0, 0.1) is 0 Å². The Hall–Kier alpha value is -1.22. The molecule has 18 heavy (non-hydrogen) atoms. The highest BCUT2D eigenvalue weighted by molar-refractivity contribution is 5.75. The monoisotopic (exact) mass is 245 g/mol. The summed E-state index contributed by atoms with van der Waals surface area (Å²) in [6.45, 7) is 10.1. The lowest BCUT2D eigenvalue weighted by Gasteiger charge is -2.47. The lowest BCUT2D eigenvalue weighted by molar-refractivity contribution is 0.460. The van der Waals surface area contributed by atoms with Crippen molar-refractivity contribution in [1.29, 1.82) is 0 Å². The molecule has 0 aromatic heterocycles. The van der Waals surface area contributed by atoms with Crippen molar-refractivity contribution < 1.29 is 0 Å². The van der Waals surface area contributed by atoms with Crippen LogP contribution in [0.4, 0.5) is 11.4 Å². The van der Waals surface area contributed by atoms with Gasteiger partial charge < -0.3 is 15.1 Å². The molecule has 2 heterocycles. The Morgan fingerprint density at radius 2 is 2.17 bits per heavy atom. The Kier molecular flexibility index (Phi) is 3.16. The first kappa shape index (κ1) is 11.8. The average molecular weight is 245 g/mol. The Morgan fingerprint density at radius 3 is 2.94 bits per heavy atom. The molecule has 0 aliphatic carbocycles. The standard InChI is InChI=1S/C15H23N3/c1-3-12-5-6-14-15(9-12)18-8-7-16-10-13(18)11-17(14)4-2/h5-6,9,13,16H,3-4,7-8,10-11H2,1-2H3. The van der Waals surface area contributed by atoms with Crippen LogP contribution in [0.5, 0.6) is 0 Å². The van der Waals surface area contributed by atoms with Crippen LogP contribution in [0.15, 0.2) is 18.2 Å². The Balaban J connectivity index is 2.03. The van der Waals surface area contributed by atoms with Crippen LogP contribution in [0.25, 0.3) is 0 Å². The van der Waals surface area contributed by atoms with E-state index in [1.165, 1.54) is 16.9 Å². The van der Waals surface area contributed by atoms with Crippen LogP contribution in [0.3, 0.4) is 0 Å². The van der Waals surface area contributed by atoms with E-state index in [2.05, 4.69) is 47.2 Å². The third-order valence-corrected chi connectivity index (χ3v) is 4.26. The highest BCUT2D eigenvalue weighted by Crippen LogP contribution is 2.36. The zero-order valence-electron chi connectivity index (χ0n) is 11.4. The summed E-state index contributed by atoms with van der Waals surface area (Å²) >= 11 is 0. The summed E-state index contributed by atoms with van der Waals surface area (Å²) < 4.78 is 0. The number of likely N-dealkylation sites (N-methyl/N-ethyl adjacent to an activating group) is 1. The minimum Gasteiger partial charge on any atom is -0.368 e. The molecular formula is C15H23N3. The molecule has 0 saturated carbocycles. The van der Waals surface area contributed by atoms with Gasteiger partial charge in [-0.25, -0.2) is 0 Å². The molecule has 0 spiro atoms. The molecule has 2 aliphatic heterocycles. The average Bonchev–Trinajstić information content (AvgIpc) is 2.45. The second kappa shape index (κ2) is 4.81. The SMILES string of the molecule is CCc1ccc2c(c1)N1CCNCC1CN2CC. The molecule has 0 radical (unpaired) electrons. The summed E-state index contributed by atoms with van der Waals surface area (Å²) in [4.78, 5) is 5.13. The molecule has 1 fully saturated rings. The number of anilines is 2. The Labute approximate surface area is 110 Å². The third-order valence-electron chi connectivity index (χ3n) is 4.26. The zero-order valence-corrected chi connectivity index (χ0v) is 11.4. The second-order valence-corrected chi connectivity index (χ2v) is 5.27. The van der Waals surface area contributed by atoms with Gasteiger partial charge in [0.2, 0.25) is 0 Å². The summed E-state index contributed by atoms with van der Waals surface area (Å²) in [6.07, 6.45) is 1.12. The maximum atomic E-state index is 3.52. The van der Waals surface area contributed by atoms with Crippen molar-refractivity contribution >= 4 is 11.4 Å². The molecule has 3 rings (SSSR count). The van der Waals surface area contributed by atoms with Gasteiger partial charge in [0.25, 0.3) is 0 Å². The lowest BCUT2D eigenvalue weighted by Crippen LogP contribution is -2.58. The first-order valence-electron chi connectivity index (χ1n) is 7.18. The van der Waals surface area contributed by atoms with Gasteiger partial charge in [0.15, 0.2) is 0 Å². The van der Waals surface area contributed by atoms with Gasteiger partial charge in [-0.3, -0.25) is 0 Å². The van der Waals surface area contributed by atoms with E-state index in [9.17, 15) is 0 Å². The molecule has 2 aliphatic rings. The number of nitrogens with zero attached hydrogens (tertiary/aromatic N) is 2. The Bertz CT molecular complexity index is 430. The largest absolute Gasteiger partial charge is 0.368 e. The van der Waals surface area contributed by atoms with Gasteiger partial charge in [-0.15, -0.1) is 0 Å². The van der Waals surface area contributed by atoms with Crippen molar-refractivity contribution in [2.75, 3.05) is 42.5 Å². The van der Waals surface area contributed by atoms with Gasteiger partial charge in [0.1, 0.15) is 0 Å². The molecule has 0 bridgehead atoms. The predicted molar refractivity (Wildman–Crippen MR) is 77.7 cm³/mol. The molecule has 3 nitrogen and oxygen atoms in total. The maximum absolute atomic E-state index is 3.52. The van der Waals surface area contributed by atoms with Crippen molar-refractivity contribution in [1.82, 2.24) is 5.32 Å². The van der Waals surface area contributed by atoms with Gasteiger partial charge >= 0.3 is 0 Å². The van der Waals surface area contributed by atoms with Gasteiger partial charge in [-0.05, 0) is 31.0 Å². The predicted octanol–water partition coefficient (Wildman–Crippen LogP) is 1.87. The molecule has 3 heteroatoms. The van der Waals surface area contributed by atoms with E-state index in [0.29, 0.717) is 6.04 Å². The van der Waals surface area contributed by atoms with Gasteiger partial charge in [0.05, 0.1) is 17.4 Å². The fraction of sp³-hybridized carbons (Fsp3) is 0.600. The Morgan fingerprint density at radius 1 is 1.28 bits per heavy atom. The summed E-state index contributed by atoms with van der Waals surface area (Å²) in [5, 5.41) is 3.52. The van der Waals surface area contributed by atoms with E-state index in [4.69, 9.17) is 0 Å². The lowest BCUT2D eigenvalue weighted by atomic mass is 10.0. The normalized spacial score (nSPS) is 22.7. The van der Waals surface area contributed by atoms with E-state index in [0.717, 1.165) is 39.1 Å². The highest BCUT2D eigenvalue weighted by atomic mass is 15.3. The van der Waals surface area contributed by atoms with Crippen LogP contribution in [0.2, 0.25) is 0 Å². The smallest absolute Gasteiger partial charge is 0.0610 e. The van der Waals surface area contributed by atoms with Crippen LogP contribution in [0.1, 0.15) is 19.4 Å². The second-order valence-electron chi connectivity index (χ2n) is 5.27. The number of benzene rings is 1.